The molecule has 1 aromatic heterocycles. The number of benzene rings is 3. The molecule has 0 radical (unpaired) electrons. The number of carbonyl (C=O) groups is 1. The van der Waals surface area contributed by atoms with Gasteiger partial charge in [-0.15, -0.1) is 11.3 Å². The van der Waals surface area contributed by atoms with E-state index >= 15 is 0 Å². The number of hydrogen-bond donors (Lipinski definition) is 1. The fourth-order valence-electron chi connectivity index (χ4n) is 5.70. The number of hydrogen-bond acceptors (Lipinski definition) is 6. The van der Waals surface area contributed by atoms with E-state index in [0.717, 1.165) is 69.9 Å². The molecule has 2 unspecified atom stereocenters. The lowest BCUT2D eigenvalue weighted by molar-refractivity contribution is -0.132. The predicted octanol–water partition coefficient (Wildman–Crippen LogP) is 12.1. The number of carboxylic acids is 1. The van der Waals surface area contributed by atoms with Crippen LogP contribution in [0.15, 0.2) is 90.5 Å². The van der Waals surface area contributed by atoms with Crippen LogP contribution in [0, 0.1) is 23.2 Å². The van der Waals surface area contributed by atoms with Gasteiger partial charge in [0.15, 0.2) is 0 Å². The van der Waals surface area contributed by atoms with Crippen LogP contribution in [0.4, 0.5) is 17.1 Å². The molecule has 49 heavy (non-hydrogen) atoms. The van der Waals surface area contributed by atoms with E-state index in [4.69, 9.17) is 14.7 Å². The highest BCUT2D eigenvalue weighted by Gasteiger charge is 2.15. The fourth-order valence-corrected chi connectivity index (χ4v) is 6.66. The van der Waals surface area contributed by atoms with Gasteiger partial charge in [-0.25, -0.2) is 4.79 Å². The average molecular weight is 679 g/mol. The first-order chi connectivity index (χ1) is 23.9. The summed E-state index contributed by atoms with van der Waals surface area (Å²) in [5.41, 5.74) is 3.75. The third kappa shape index (κ3) is 11.0. The number of unbranched alkanes of at least 4 members (excludes halogenated alkanes) is 2. The number of aliphatic carboxylic acids is 1. The Morgan fingerprint density at radius 1 is 0.755 bits per heavy atom. The first kappa shape index (κ1) is 37.3. The number of ether oxygens (including phenoxy) is 2. The maximum Gasteiger partial charge on any atom is 0.346 e. The molecule has 2 atom stereocenters. The van der Waals surface area contributed by atoms with Crippen molar-refractivity contribution in [3.8, 4) is 28.0 Å². The molecular weight excluding hydrogens is 629 g/mol. The maximum absolute atomic E-state index is 11.3. The van der Waals surface area contributed by atoms with E-state index in [1.807, 2.05) is 12.1 Å². The van der Waals surface area contributed by atoms with Crippen molar-refractivity contribution in [3.63, 3.8) is 0 Å². The molecule has 0 saturated heterocycles. The third-order valence-corrected chi connectivity index (χ3v) is 10.0. The minimum absolute atomic E-state index is 0.282. The van der Waals surface area contributed by atoms with E-state index in [2.05, 4.69) is 105 Å². The lowest BCUT2D eigenvalue weighted by atomic mass is 10.0. The number of nitrogens with zero attached hydrogens (tertiary/aromatic N) is 2. The molecule has 0 saturated carbocycles. The van der Waals surface area contributed by atoms with Crippen molar-refractivity contribution >= 4 is 40.4 Å². The van der Waals surface area contributed by atoms with Gasteiger partial charge in [0.1, 0.15) is 23.1 Å². The van der Waals surface area contributed by atoms with E-state index in [0.29, 0.717) is 11.8 Å². The van der Waals surface area contributed by atoms with Crippen LogP contribution in [0.5, 0.6) is 11.5 Å². The summed E-state index contributed by atoms with van der Waals surface area (Å²) < 4.78 is 12.4. The summed E-state index contributed by atoms with van der Waals surface area (Å²) in [4.78, 5) is 15.2. The van der Waals surface area contributed by atoms with Crippen LogP contribution < -0.4 is 14.4 Å². The minimum atomic E-state index is -1.23. The number of nitriles is 1. The second kappa shape index (κ2) is 19.5. The molecule has 0 bridgehead atoms. The highest BCUT2D eigenvalue weighted by atomic mass is 32.1. The summed E-state index contributed by atoms with van der Waals surface area (Å²) in [7, 11) is 0. The van der Waals surface area contributed by atoms with Crippen molar-refractivity contribution in [2.45, 2.75) is 79.1 Å². The quantitative estimate of drug-likeness (QED) is 0.0740. The zero-order valence-electron chi connectivity index (χ0n) is 29.4. The van der Waals surface area contributed by atoms with Gasteiger partial charge >= 0.3 is 5.97 Å². The van der Waals surface area contributed by atoms with Crippen LogP contribution in [0.2, 0.25) is 0 Å². The van der Waals surface area contributed by atoms with E-state index in [9.17, 15) is 9.90 Å². The Kier molecular flexibility index (Phi) is 14.8. The smallest absolute Gasteiger partial charge is 0.346 e. The molecular formula is C42H50N2O4S. The summed E-state index contributed by atoms with van der Waals surface area (Å²) in [5.74, 6) is 1.65. The largest absolute Gasteiger partial charge is 0.493 e. The molecule has 0 spiro atoms. The van der Waals surface area contributed by atoms with Crippen LogP contribution in [-0.2, 0) is 4.79 Å². The van der Waals surface area contributed by atoms with Gasteiger partial charge in [0.25, 0.3) is 0 Å². The zero-order valence-corrected chi connectivity index (χ0v) is 30.2. The summed E-state index contributed by atoms with van der Waals surface area (Å²) in [6.45, 7) is 10.4. The second-order valence-electron chi connectivity index (χ2n) is 12.5. The molecule has 4 rings (SSSR count). The minimum Gasteiger partial charge on any atom is -0.493 e. The molecule has 0 aliphatic rings. The van der Waals surface area contributed by atoms with E-state index < -0.39 is 5.97 Å². The predicted molar refractivity (Wildman–Crippen MR) is 203 cm³/mol. The van der Waals surface area contributed by atoms with Crippen LogP contribution in [-0.4, -0.2) is 24.3 Å². The Bertz CT molecular complexity index is 1590. The van der Waals surface area contributed by atoms with Gasteiger partial charge < -0.3 is 19.5 Å². The van der Waals surface area contributed by atoms with Crippen LogP contribution in [0.25, 0.3) is 16.5 Å². The zero-order chi connectivity index (χ0) is 35.0. The summed E-state index contributed by atoms with van der Waals surface area (Å²) >= 11 is 1.45. The van der Waals surface area contributed by atoms with Crippen molar-refractivity contribution in [3.05, 3.63) is 95.4 Å². The number of anilines is 3. The van der Waals surface area contributed by atoms with Gasteiger partial charge in [-0.05, 0) is 109 Å². The Balaban J connectivity index is 1.58. The molecule has 258 valence electrons. The second-order valence-corrected chi connectivity index (χ2v) is 13.6. The van der Waals surface area contributed by atoms with Crippen molar-refractivity contribution in [1.82, 2.24) is 0 Å². The Morgan fingerprint density at radius 3 is 1.63 bits per heavy atom. The number of thiophene rings is 1. The van der Waals surface area contributed by atoms with Crippen molar-refractivity contribution < 1.29 is 19.4 Å². The van der Waals surface area contributed by atoms with Crippen LogP contribution in [0.3, 0.4) is 0 Å². The highest BCUT2D eigenvalue weighted by molar-refractivity contribution is 7.16. The first-order valence-electron chi connectivity index (χ1n) is 17.7. The molecule has 0 aliphatic heterocycles. The van der Waals surface area contributed by atoms with Gasteiger partial charge in [0, 0.05) is 26.8 Å². The first-order valence-corrected chi connectivity index (χ1v) is 18.5. The molecule has 6 nitrogen and oxygen atoms in total. The monoisotopic (exact) mass is 678 g/mol. The standard InChI is InChI=1S/C42H50N2O4S/c1-5-9-11-31(7-3)29-47-38-21-17-36(18-22-38)44(37-19-23-39(24-20-37)48-30-32(8-4)12-10-6-2)35-15-13-33(14-16-35)41-26-25-40(49-41)27-34(28-43)42(45)46/h13-27,31-32H,5-12,29-30H2,1-4H3,(H,45,46)/b34-27-. The highest BCUT2D eigenvalue weighted by Crippen LogP contribution is 2.38. The lowest BCUT2D eigenvalue weighted by Gasteiger charge is -2.26. The molecule has 1 N–H and O–H groups in total. The van der Waals surface area contributed by atoms with E-state index in [-0.39, 0.29) is 5.57 Å². The molecule has 4 aromatic rings. The normalized spacial score (nSPS) is 12.6. The lowest BCUT2D eigenvalue weighted by Crippen LogP contribution is -2.12. The van der Waals surface area contributed by atoms with Gasteiger partial charge in [-0.1, -0.05) is 78.4 Å². The van der Waals surface area contributed by atoms with Gasteiger partial charge in [0.05, 0.1) is 13.2 Å². The Labute approximate surface area is 296 Å². The van der Waals surface area contributed by atoms with E-state index in [1.165, 1.54) is 55.9 Å². The summed E-state index contributed by atoms with van der Waals surface area (Å²) in [5, 5.41) is 18.4. The molecule has 0 fully saturated rings. The van der Waals surface area contributed by atoms with Crippen molar-refractivity contribution in [1.29, 1.82) is 5.26 Å². The van der Waals surface area contributed by atoms with Crippen molar-refractivity contribution in [2.75, 3.05) is 18.1 Å². The molecule has 3 aromatic carbocycles. The summed E-state index contributed by atoms with van der Waals surface area (Å²) in [6.07, 6.45) is 10.9. The number of rotatable bonds is 20. The molecule has 0 amide bonds. The van der Waals surface area contributed by atoms with Crippen LogP contribution >= 0.6 is 11.3 Å². The van der Waals surface area contributed by atoms with Gasteiger partial charge in [-0.2, -0.15) is 5.26 Å². The van der Waals surface area contributed by atoms with Gasteiger partial charge in [0.2, 0.25) is 0 Å². The third-order valence-electron chi connectivity index (χ3n) is 8.92. The molecule has 7 heteroatoms. The van der Waals surface area contributed by atoms with E-state index in [1.54, 1.807) is 6.07 Å². The van der Waals surface area contributed by atoms with Crippen LogP contribution in [0.1, 0.15) is 83.9 Å². The van der Waals surface area contributed by atoms with Crippen molar-refractivity contribution in [2.24, 2.45) is 11.8 Å². The average Bonchev–Trinajstić information content (AvgIpc) is 3.61. The maximum atomic E-state index is 11.3. The molecule has 0 aliphatic carbocycles. The topological polar surface area (TPSA) is 82.8 Å². The van der Waals surface area contributed by atoms with Gasteiger partial charge in [-0.3, -0.25) is 0 Å². The Hall–Kier alpha value is -4.54. The fraction of sp³-hybridized carbons (Fsp3) is 0.381. The Morgan fingerprint density at radius 2 is 1.22 bits per heavy atom. The number of carboxylic acid groups (broad SMARTS) is 1. The SMILES string of the molecule is CCCCC(CC)COc1ccc(N(c2ccc(OCC(CC)CCCC)cc2)c2ccc(-c3ccc(/C=C(/C#N)C(=O)O)s3)cc2)cc1. The molecule has 1 heterocycles. The summed E-state index contributed by atoms with van der Waals surface area (Å²) in [6, 6.07) is 30.5.